The van der Waals surface area contributed by atoms with Crippen LogP contribution in [0.25, 0.3) is 0 Å². The van der Waals surface area contributed by atoms with Crippen LogP contribution in [0.4, 0.5) is 10.1 Å². The van der Waals surface area contributed by atoms with E-state index in [0.717, 1.165) is 16.8 Å². The van der Waals surface area contributed by atoms with Crippen LogP contribution in [-0.4, -0.2) is 15.8 Å². The molecule has 1 amide bonds. The Morgan fingerprint density at radius 3 is 2.63 bits per heavy atom. The molecule has 2 heterocycles. The molecule has 1 atom stereocenters. The average molecular weight is 361 g/mol. The summed E-state index contributed by atoms with van der Waals surface area (Å²) in [5.74, 6) is -0.369. The summed E-state index contributed by atoms with van der Waals surface area (Å²) in [4.78, 5) is 19.2. The monoisotopic (exact) mass is 361 g/mol. The summed E-state index contributed by atoms with van der Waals surface area (Å²) in [6.07, 6.45) is 1.32. The third kappa shape index (κ3) is 3.16. The van der Waals surface area contributed by atoms with Gasteiger partial charge in [0.2, 0.25) is 0 Å². The minimum atomic E-state index is -0.376. The number of aryl methyl sites for hydroxylation is 1. The number of halogens is 1. The van der Waals surface area contributed by atoms with Crippen LogP contribution < -0.4 is 5.32 Å². The fraction of sp³-hybridized carbons (Fsp3) is 0.182. The highest BCUT2D eigenvalue weighted by Gasteiger charge is 2.38. The zero-order valence-corrected chi connectivity index (χ0v) is 15.2. The van der Waals surface area contributed by atoms with E-state index in [2.05, 4.69) is 30.2 Å². The number of aromatic nitrogens is 1. The number of hydrogen-bond donors (Lipinski definition) is 1. The lowest BCUT2D eigenvalue weighted by Gasteiger charge is -2.27. The Balaban J connectivity index is 1.71. The Morgan fingerprint density at radius 2 is 1.85 bits per heavy atom. The number of pyridine rings is 1. The quantitative estimate of drug-likeness (QED) is 0.738. The number of nitrogens with one attached hydrogen (secondary N) is 1. The third-order valence-corrected chi connectivity index (χ3v) is 5.06. The first kappa shape index (κ1) is 17.2. The number of anilines is 1. The van der Waals surface area contributed by atoms with Crippen LogP contribution in [0.15, 0.2) is 60.8 Å². The Hall–Kier alpha value is -3.21. The first-order valence-corrected chi connectivity index (χ1v) is 8.87. The Bertz CT molecular complexity index is 1000. The predicted molar refractivity (Wildman–Crippen MR) is 103 cm³/mol. The standard InChI is InChI=1S/C22H20FN3O/c1-14-5-3-7-19(15(14)2)25-21-20-18(6-4-12-24-20)22(27)26(21)13-16-8-10-17(23)11-9-16/h3-12,21,25H,13H2,1-2H3/t21-/m1/s1. The number of benzene rings is 2. The van der Waals surface area contributed by atoms with Crippen LogP contribution in [0.5, 0.6) is 0 Å². The van der Waals surface area contributed by atoms with Crippen molar-refractivity contribution in [1.82, 2.24) is 9.88 Å². The van der Waals surface area contributed by atoms with Crippen LogP contribution in [-0.2, 0) is 6.54 Å². The number of nitrogens with zero attached hydrogens (tertiary/aromatic N) is 2. The van der Waals surface area contributed by atoms with Crippen molar-refractivity contribution in [2.24, 2.45) is 0 Å². The van der Waals surface area contributed by atoms with E-state index in [1.165, 1.54) is 17.7 Å². The van der Waals surface area contributed by atoms with Gasteiger partial charge in [-0.25, -0.2) is 4.39 Å². The van der Waals surface area contributed by atoms with Crippen LogP contribution >= 0.6 is 0 Å². The van der Waals surface area contributed by atoms with Gasteiger partial charge in [0.1, 0.15) is 12.0 Å². The average Bonchev–Trinajstić information content (AvgIpc) is 2.93. The van der Waals surface area contributed by atoms with Crippen molar-refractivity contribution in [3.63, 3.8) is 0 Å². The number of fused-ring (bicyclic) bond motifs is 1. The molecule has 0 saturated carbocycles. The highest BCUT2D eigenvalue weighted by molar-refractivity contribution is 5.98. The van der Waals surface area contributed by atoms with E-state index in [0.29, 0.717) is 17.8 Å². The summed E-state index contributed by atoms with van der Waals surface area (Å²) < 4.78 is 13.2. The molecule has 5 heteroatoms. The maximum Gasteiger partial charge on any atom is 0.258 e. The fourth-order valence-electron chi connectivity index (χ4n) is 3.39. The molecular weight excluding hydrogens is 341 g/mol. The van der Waals surface area contributed by atoms with Gasteiger partial charge in [-0.05, 0) is 60.9 Å². The van der Waals surface area contributed by atoms with Crippen molar-refractivity contribution >= 4 is 11.6 Å². The van der Waals surface area contributed by atoms with E-state index in [4.69, 9.17) is 0 Å². The van der Waals surface area contributed by atoms with Gasteiger partial charge in [0.05, 0.1) is 11.3 Å². The highest BCUT2D eigenvalue weighted by Crippen LogP contribution is 2.35. The molecule has 0 bridgehead atoms. The van der Waals surface area contributed by atoms with Crippen molar-refractivity contribution in [3.8, 4) is 0 Å². The van der Waals surface area contributed by atoms with Gasteiger partial charge in [-0.15, -0.1) is 0 Å². The highest BCUT2D eigenvalue weighted by atomic mass is 19.1. The summed E-state index contributed by atoms with van der Waals surface area (Å²) in [6.45, 7) is 4.49. The second-order valence-electron chi connectivity index (χ2n) is 6.79. The number of rotatable bonds is 4. The van der Waals surface area contributed by atoms with Gasteiger partial charge >= 0.3 is 0 Å². The van der Waals surface area contributed by atoms with Gasteiger partial charge in [0.15, 0.2) is 0 Å². The van der Waals surface area contributed by atoms with E-state index in [1.807, 2.05) is 12.1 Å². The predicted octanol–water partition coefficient (Wildman–Crippen LogP) is 4.60. The van der Waals surface area contributed by atoms with Crippen molar-refractivity contribution in [2.75, 3.05) is 5.32 Å². The largest absolute Gasteiger partial charge is 0.360 e. The van der Waals surface area contributed by atoms with Crippen LogP contribution in [0, 0.1) is 19.7 Å². The Morgan fingerprint density at radius 1 is 1.07 bits per heavy atom. The first-order chi connectivity index (χ1) is 13.0. The topological polar surface area (TPSA) is 45.2 Å². The molecular formula is C22H20FN3O. The second kappa shape index (κ2) is 6.83. The minimum absolute atomic E-state index is 0.0785. The lowest BCUT2D eigenvalue weighted by Crippen LogP contribution is -2.32. The van der Waals surface area contributed by atoms with Gasteiger partial charge in [-0.2, -0.15) is 0 Å². The molecule has 4 nitrogen and oxygen atoms in total. The van der Waals surface area contributed by atoms with Gasteiger partial charge in [0.25, 0.3) is 5.91 Å². The molecule has 27 heavy (non-hydrogen) atoms. The molecule has 1 aliphatic heterocycles. The summed E-state index contributed by atoms with van der Waals surface area (Å²) in [5.41, 5.74) is 5.46. The van der Waals surface area contributed by atoms with Crippen molar-refractivity contribution in [3.05, 3.63) is 94.6 Å². The fourth-order valence-corrected chi connectivity index (χ4v) is 3.39. The molecule has 0 saturated heterocycles. The smallest absolute Gasteiger partial charge is 0.258 e. The van der Waals surface area contributed by atoms with Crippen LogP contribution in [0.2, 0.25) is 0 Å². The lowest BCUT2D eigenvalue weighted by atomic mass is 10.1. The zero-order valence-electron chi connectivity index (χ0n) is 15.2. The summed E-state index contributed by atoms with van der Waals surface area (Å²) in [6, 6.07) is 15.8. The van der Waals surface area contributed by atoms with E-state index in [-0.39, 0.29) is 17.9 Å². The third-order valence-electron chi connectivity index (χ3n) is 5.06. The second-order valence-corrected chi connectivity index (χ2v) is 6.79. The summed E-state index contributed by atoms with van der Waals surface area (Å²) in [7, 11) is 0. The molecule has 4 rings (SSSR count). The normalized spacial score (nSPS) is 15.7. The first-order valence-electron chi connectivity index (χ1n) is 8.87. The van der Waals surface area contributed by atoms with Gasteiger partial charge < -0.3 is 10.2 Å². The summed E-state index contributed by atoms with van der Waals surface area (Å²) >= 11 is 0. The Kier molecular flexibility index (Phi) is 4.36. The lowest BCUT2D eigenvalue weighted by molar-refractivity contribution is 0.0727. The van der Waals surface area contributed by atoms with Crippen molar-refractivity contribution in [2.45, 2.75) is 26.6 Å². The van der Waals surface area contributed by atoms with Crippen LogP contribution in [0.1, 0.15) is 38.9 Å². The number of hydrogen-bond acceptors (Lipinski definition) is 3. The molecule has 0 unspecified atom stereocenters. The Labute approximate surface area is 157 Å². The molecule has 0 aliphatic carbocycles. The van der Waals surface area contributed by atoms with Crippen LogP contribution in [0.3, 0.4) is 0 Å². The molecule has 3 aromatic rings. The molecule has 0 fully saturated rings. The van der Waals surface area contributed by atoms with E-state index < -0.39 is 0 Å². The van der Waals surface area contributed by atoms with E-state index in [9.17, 15) is 9.18 Å². The summed E-state index contributed by atoms with van der Waals surface area (Å²) in [5, 5.41) is 3.49. The molecule has 0 radical (unpaired) electrons. The molecule has 136 valence electrons. The maximum absolute atomic E-state index is 13.2. The van der Waals surface area contributed by atoms with Crippen molar-refractivity contribution in [1.29, 1.82) is 0 Å². The molecule has 1 aliphatic rings. The maximum atomic E-state index is 13.2. The molecule has 0 spiro atoms. The molecule has 1 N–H and O–H groups in total. The van der Waals surface area contributed by atoms with Gasteiger partial charge in [0, 0.05) is 18.4 Å². The van der Waals surface area contributed by atoms with Gasteiger partial charge in [-0.3, -0.25) is 9.78 Å². The van der Waals surface area contributed by atoms with E-state index in [1.54, 1.807) is 35.4 Å². The van der Waals surface area contributed by atoms with E-state index >= 15 is 0 Å². The number of amides is 1. The zero-order chi connectivity index (χ0) is 19.0. The van der Waals surface area contributed by atoms with Crippen molar-refractivity contribution < 1.29 is 9.18 Å². The SMILES string of the molecule is Cc1cccc(N[C@H]2c3ncccc3C(=O)N2Cc2ccc(F)cc2)c1C. The molecule has 2 aromatic carbocycles. The number of carbonyl (C=O) groups excluding carboxylic acids is 1. The number of carbonyl (C=O) groups is 1. The minimum Gasteiger partial charge on any atom is -0.360 e. The molecule has 1 aromatic heterocycles. The van der Waals surface area contributed by atoms with Gasteiger partial charge in [-0.1, -0.05) is 24.3 Å².